The number of phenolic OH excluding ortho intramolecular Hbond substituents is 1. The summed E-state index contributed by atoms with van der Waals surface area (Å²) >= 11 is 0. The lowest BCUT2D eigenvalue weighted by molar-refractivity contribution is 0.340. The van der Waals surface area contributed by atoms with Crippen molar-refractivity contribution in [2.24, 2.45) is 0 Å². The molecule has 0 amide bonds. The Hall–Kier alpha value is -1.97. The number of ether oxygens (including phenoxy) is 1. The van der Waals surface area contributed by atoms with Crippen LogP contribution in [0.4, 0.5) is 0 Å². The van der Waals surface area contributed by atoms with Crippen molar-refractivity contribution in [2.75, 3.05) is 6.61 Å². The molecule has 1 aromatic heterocycles. The van der Waals surface area contributed by atoms with Gasteiger partial charge in [-0.25, -0.2) is 4.68 Å². The second-order valence-electron chi connectivity index (χ2n) is 3.04. The molecular weight excluding hydrogens is 192 g/mol. The highest BCUT2D eigenvalue weighted by atomic mass is 16.5. The van der Waals surface area contributed by atoms with E-state index in [9.17, 15) is 5.11 Å². The van der Waals surface area contributed by atoms with E-state index in [1.54, 1.807) is 35.3 Å². The molecule has 2 aromatic rings. The molecule has 0 spiro atoms. The summed E-state index contributed by atoms with van der Waals surface area (Å²) in [7, 11) is 0. The minimum Gasteiger partial charge on any atom is -0.506 e. The van der Waals surface area contributed by atoms with E-state index in [0.29, 0.717) is 18.0 Å². The van der Waals surface area contributed by atoms with Gasteiger partial charge in [-0.1, -0.05) is 12.1 Å². The number of benzene rings is 1. The van der Waals surface area contributed by atoms with Gasteiger partial charge < -0.3 is 9.84 Å². The van der Waals surface area contributed by atoms with Crippen LogP contribution in [-0.4, -0.2) is 21.5 Å². The van der Waals surface area contributed by atoms with Gasteiger partial charge >= 0.3 is 0 Å². The van der Waals surface area contributed by atoms with Crippen LogP contribution in [0.25, 0.3) is 5.69 Å². The number of hydrogen-bond donors (Lipinski definition) is 1. The average Bonchev–Trinajstić information content (AvgIpc) is 2.68. The summed E-state index contributed by atoms with van der Waals surface area (Å²) < 4.78 is 6.87. The molecule has 0 unspecified atom stereocenters. The molecule has 78 valence electrons. The first kappa shape index (κ1) is 9.58. The summed E-state index contributed by atoms with van der Waals surface area (Å²) in [6, 6.07) is 7.03. The molecule has 1 heterocycles. The van der Waals surface area contributed by atoms with Crippen LogP contribution >= 0.6 is 0 Å². The lowest BCUT2D eigenvalue weighted by Gasteiger charge is -2.02. The van der Waals surface area contributed by atoms with Crippen LogP contribution in [0.15, 0.2) is 36.7 Å². The molecular formula is C11H12N2O2. The molecule has 0 saturated carbocycles. The quantitative estimate of drug-likeness (QED) is 0.831. The monoisotopic (exact) mass is 204 g/mol. The Morgan fingerprint density at radius 3 is 2.93 bits per heavy atom. The van der Waals surface area contributed by atoms with Crippen LogP contribution in [0.2, 0.25) is 0 Å². The van der Waals surface area contributed by atoms with Gasteiger partial charge in [0.25, 0.3) is 0 Å². The first-order chi connectivity index (χ1) is 7.31. The molecule has 0 aliphatic carbocycles. The Labute approximate surface area is 87.7 Å². The van der Waals surface area contributed by atoms with Gasteiger partial charge in [0.1, 0.15) is 11.4 Å². The van der Waals surface area contributed by atoms with Crippen LogP contribution in [0.1, 0.15) is 6.92 Å². The largest absolute Gasteiger partial charge is 0.506 e. The van der Waals surface area contributed by atoms with Crippen molar-refractivity contribution in [1.82, 2.24) is 9.78 Å². The molecule has 0 atom stereocenters. The highest BCUT2D eigenvalue weighted by molar-refractivity contribution is 5.45. The van der Waals surface area contributed by atoms with Crippen LogP contribution in [0.5, 0.6) is 11.5 Å². The van der Waals surface area contributed by atoms with Crippen LogP contribution < -0.4 is 4.74 Å². The fraction of sp³-hybridized carbons (Fsp3) is 0.182. The Morgan fingerprint density at radius 2 is 2.20 bits per heavy atom. The maximum atomic E-state index is 9.60. The number of phenols is 1. The van der Waals surface area contributed by atoms with E-state index in [1.165, 1.54) is 0 Å². The molecule has 4 heteroatoms. The molecule has 0 saturated heterocycles. The molecule has 15 heavy (non-hydrogen) atoms. The zero-order valence-corrected chi connectivity index (χ0v) is 8.42. The predicted octanol–water partition coefficient (Wildman–Crippen LogP) is 1.98. The number of nitrogens with zero attached hydrogens (tertiary/aromatic N) is 2. The Kier molecular flexibility index (Phi) is 2.58. The minimum atomic E-state index is 0.198. The zero-order chi connectivity index (χ0) is 10.7. The number of aromatic hydroxyl groups is 1. The van der Waals surface area contributed by atoms with Crippen molar-refractivity contribution in [3.63, 3.8) is 0 Å². The summed E-state index contributed by atoms with van der Waals surface area (Å²) in [5.74, 6) is 0.893. The third kappa shape index (κ3) is 1.93. The van der Waals surface area contributed by atoms with Crippen LogP contribution in [0, 0.1) is 0 Å². The Balaban J connectivity index is 2.33. The molecule has 0 aliphatic heterocycles. The van der Waals surface area contributed by atoms with Crippen molar-refractivity contribution in [2.45, 2.75) is 6.92 Å². The van der Waals surface area contributed by atoms with Crippen molar-refractivity contribution in [3.05, 3.63) is 36.7 Å². The van der Waals surface area contributed by atoms with E-state index in [1.807, 2.05) is 13.0 Å². The van der Waals surface area contributed by atoms with E-state index < -0.39 is 0 Å². The first-order valence-corrected chi connectivity index (χ1v) is 4.77. The Bertz CT molecular complexity index is 451. The Morgan fingerprint density at radius 1 is 1.40 bits per heavy atom. The van der Waals surface area contributed by atoms with Gasteiger partial charge in [0.2, 0.25) is 0 Å². The van der Waals surface area contributed by atoms with Crippen LogP contribution in [0.3, 0.4) is 0 Å². The van der Waals surface area contributed by atoms with E-state index in [0.717, 1.165) is 0 Å². The number of aromatic nitrogens is 2. The molecule has 4 nitrogen and oxygen atoms in total. The maximum absolute atomic E-state index is 9.60. The van der Waals surface area contributed by atoms with Crippen molar-refractivity contribution < 1.29 is 9.84 Å². The van der Waals surface area contributed by atoms with Gasteiger partial charge in [-0.05, 0) is 19.1 Å². The molecule has 0 bridgehead atoms. The highest BCUT2D eigenvalue weighted by Gasteiger charge is 2.04. The van der Waals surface area contributed by atoms with Crippen molar-refractivity contribution in [1.29, 1.82) is 0 Å². The second-order valence-corrected chi connectivity index (χ2v) is 3.04. The average molecular weight is 204 g/mol. The molecule has 0 aliphatic rings. The summed E-state index contributed by atoms with van der Waals surface area (Å²) in [5, 5.41) is 13.7. The molecule has 1 N–H and O–H groups in total. The van der Waals surface area contributed by atoms with Gasteiger partial charge in [-0.15, -0.1) is 0 Å². The topological polar surface area (TPSA) is 47.3 Å². The molecule has 2 rings (SSSR count). The second kappa shape index (κ2) is 4.04. The summed E-state index contributed by atoms with van der Waals surface area (Å²) in [6.45, 7) is 2.52. The van der Waals surface area contributed by atoms with Crippen molar-refractivity contribution in [3.8, 4) is 17.2 Å². The SMILES string of the molecule is CCOc1cnn(-c2ccccc2O)c1. The maximum Gasteiger partial charge on any atom is 0.157 e. The first-order valence-electron chi connectivity index (χ1n) is 4.77. The van der Waals surface area contributed by atoms with E-state index in [4.69, 9.17) is 4.74 Å². The zero-order valence-electron chi connectivity index (χ0n) is 8.42. The van der Waals surface area contributed by atoms with E-state index in [2.05, 4.69) is 5.10 Å². The highest BCUT2D eigenvalue weighted by Crippen LogP contribution is 2.21. The lowest BCUT2D eigenvalue weighted by Crippen LogP contribution is -1.94. The summed E-state index contributed by atoms with van der Waals surface area (Å²) in [4.78, 5) is 0. The third-order valence-electron chi connectivity index (χ3n) is 2.00. The van der Waals surface area contributed by atoms with Crippen molar-refractivity contribution >= 4 is 0 Å². The number of hydrogen-bond acceptors (Lipinski definition) is 3. The fourth-order valence-corrected chi connectivity index (χ4v) is 1.34. The molecule has 0 fully saturated rings. The summed E-state index contributed by atoms with van der Waals surface area (Å²) in [5.41, 5.74) is 0.642. The summed E-state index contributed by atoms with van der Waals surface area (Å²) in [6.07, 6.45) is 3.36. The van der Waals surface area contributed by atoms with Gasteiger partial charge in [-0.2, -0.15) is 5.10 Å². The van der Waals surface area contributed by atoms with Gasteiger partial charge in [0.15, 0.2) is 5.75 Å². The number of para-hydroxylation sites is 2. The lowest BCUT2D eigenvalue weighted by atomic mass is 10.3. The van der Waals surface area contributed by atoms with E-state index >= 15 is 0 Å². The minimum absolute atomic E-state index is 0.198. The number of rotatable bonds is 3. The van der Waals surface area contributed by atoms with Crippen LogP contribution in [-0.2, 0) is 0 Å². The van der Waals surface area contributed by atoms with Gasteiger partial charge in [-0.3, -0.25) is 0 Å². The molecule has 0 radical (unpaired) electrons. The van der Waals surface area contributed by atoms with E-state index in [-0.39, 0.29) is 5.75 Å². The predicted molar refractivity (Wildman–Crippen MR) is 56.4 cm³/mol. The smallest absolute Gasteiger partial charge is 0.157 e. The normalized spacial score (nSPS) is 10.2. The van der Waals surface area contributed by atoms with Gasteiger partial charge in [0.05, 0.1) is 19.0 Å². The third-order valence-corrected chi connectivity index (χ3v) is 2.00. The molecule has 1 aromatic carbocycles. The standard InChI is InChI=1S/C11H12N2O2/c1-2-15-9-7-12-13(8-9)10-5-3-4-6-11(10)14/h3-8,14H,2H2,1H3. The van der Waals surface area contributed by atoms with Gasteiger partial charge in [0, 0.05) is 0 Å². The fourth-order valence-electron chi connectivity index (χ4n) is 1.34.